The number of amides is 1. The molecule has 1 atom stereocenters. The van der Waals surface area contributed by atoms with Crippen molar-refractivity contribution in [3.8, 4) is 5.75 Å². The van der Waals surface area contributed by atoms with Gasteiger partial charge in [0.2, 0.25) is 5.91 Å². The van der Waals surface area contributed by atoms with Crippen LogP contribution < -0.4 is 10.5 Å². The molecule has 7 nitrogen and oxygen atoms in total. The SMILES string of the molecule is COc1cccc(CSc2nnc(CCC(N)=O)n2C[C@H]2CCCO2)c1. The van der Waals surface area contributed by atoms with Crippen LogP contribution in [0.1, 0.15) is 30.7 Å². The molecule has 0 unspecified atom stereocenters. The topological polar surface area (TPSA) is 92.3 Å². The molecule has 0 saturated carbocycles. The summed E-state index contributed by atoms with van der Waals surface area (Å²) < 4.78 is 13.1. The van der Waals surface area contributed by atoms with Gasteiger partial charge in [0.1, 0.15) is 11.6 Å². The van der Waals surface area contributed by atoms with Crippen molar-refractivity contribution in [2.75, 3.05) is 13.7 Å². The Kier molecular flexibility index (Phi) is 6.51. The van der Waals surface area contributed by atoms with Crippen molar-refractivity contribution in [3.63, 3.8) is 0 Å². The molecule has 1 saturated heterocycles. The third kappa shape index (κ3) is 4.98. The first-order valence-electron chi connectivity index (χ1n) is 8.73. The number of methoxy groups -OCH3 is 1. The van der Waals surface area contributed by atoms with Crippen LogP contribution in [0.3, 0.4) is 0 Å². The largest absolute Gasteiger partial charge is 0.497 e. The quantitative estimate of drug-likeness (QED) is 0.675. The Hall–Kier alpha value is -2.06. The van der Waals surface area contributed by atoms with E-state index in [0.29, 0.717) is 13.0 Å². The van der Waals surface area contributed by atoms with Crippen LogP contribution in [0.5, 0.6) is 5.75 Å². The third-order valence-corrected chi connectivity index (χ3v) is 5.34. The lowest BCUT2D eigenvalue weighted by Crippen LogP contribution is -2.19. The first kappa shape index (κ1) is 18.7. The van der Waals surface area contributed by atoms with Crippen molar-refractivity contribution in [1.82, 2.24) is 14.8 Å². The molecule has 0 aliphatic carbocycles. The van der Waals surface area contributed by atoms with Gasteiger partial charge in [0.25, 0.3) is 0 Å². The molecule has 0 bridgehead atoms. The zero-order chi connectivity index (χ0) is 18.4. The summed E-state index contributed by atoms with van der Waals surface area (Å²) in [5.74, 6) is 2.05. The van der Waals surface area contributed by atoms with Crippen LogP contribution in [0.25, 0.3) is 0 Å². The highest BCUT2D eigenvalue weighted by Gasteiger charge is 2.21. The average Bonchev–Trinajstić information content (AvgIpc) is 3.29. The highest BCUT2D eigenvalue weighted by atomic mass is 32.2. The molecule has 140 valence electrons. The van der Waals surface area contributed by atoms with E-state index in [0.717, 1.165) is 47.5 Å². The second-order valence-electron chi connectivity index (χ2n) is 6.25. The minimum Gasteiger partial charge on any atom is -0.497 e. The molecule has 1 aliphatic heterocycles. The standard InChI is InChI=1S/C18H24N4O3S/c1-24-14-5-2-4-13(10-14)12-26-18-21-20-17(8-7-16(19)23)22(18)11-15-6-3-9-25-15/h2,4-5,10,15H,3,6-9,11-12H2,1H3,(H2,19,23)/t15-/m1/s1. The van der Waals surface area contributed by atoms with Gasteiger partial charge >= 0.3 is 0 Å². The molecule has 0 spiro atoms. The van der Waals surface area contributed by atoms with Crippen LogP contribution in [0.4, 0.5) is 0 Å². The predicted molar refractivity (Wildman–Crippen MR) is 99.1 cm³/mol. The number of aryl methyl sites for hydroxylation is 1. The monoisotopic (exact) mass is 376 g/mol. The Morgan fingerprint density at radius 2 is 2.35 bits per heavy atom. The Balaban J connectivity index is 1.72. The summed E-state index contributed by atoms with van der Waals surface area (Å²) >= 11 is 1.62. The van der Waals surface area contributed by atoms with Crippen molar-refractivity contribution < 1.29 is 14.3 Å². The van der Waals surface area contributed by atoms with Crippen molar-refractivity contribution in [2.45, 2.75) is 49.2 Å². The molecular weight excluding hydrogens is 352 g/mol. The first-order valence-corrected chi connectivity index (χ1v) is 9.72. The summed E-state index contributed by atoms with van der Waals surface area (Å²) in [4.78, 5) is 11.1. The minimum absolute atomic E-state index is 0.175. The van der Waals surface area contributed by atoms with Gasteiger partial charge in [0.15, 0.2) is 5.16 Å². The smallest absolute Gasteiger partial charge is 0.217 e. The fraction of sp³-hybridized carbons (Fsp3) is 0.500. The molecule has 1 aromatic heterocycles. The van der Waals surface area contributed by atoms with Gasteiger partial charge in [-0.1, -0.05) is 23.9 Å². The molecular formula is C18H24N4O3S. The number of aromatic nitrogens is 3. The van der Waals surface area contributed by atoms with E-state index in [4.69, 9.17) is 15.2 Å². The summed E-state index contributed by atoms with van der Waals surface area (Å²) in [6, 6.07) is 7.98. The van der Waals surface area contributed by atoms with Gasteiger partial charge in [-0.05, 0) is 30.5 Å². The number of benzene rings is 1. The fourth-order valence-electron chi connectivity index (χ4n) is 2.93. The molecule has 1 aliphatic rings. The van der Waals surface area contributed by atoms with Crippen molar-refractivity contribution in [2.24, 2.45) is 5.73 Å². The number of primary amides is 1. The third-order valence-electron chi connectivity index (χ3n) is 4.30. The molecule has 1 amide bonds. The lowest BCUT2D eigenvalue weighted by atomic mass is 10.2. The maximum Gasteiger partial charge on any atom is 0.217 e. The van der Waals surface area contributed by atoms with Crippen LogP contribution in [0.2, 0.25) is 0 Å². The minimum atomic E-state index is -0.331. The van der Waals surface area contributed by atoms with Gasteiger partial charge in [-0.2, -0.15) is 0 Å². The second-order valence-corrected chi connectivity index (χ2v) is 7.19. The lowest BCUT2D eigenvalue weighted by Gasteiger charge is -2.14. The number of thioether (sulfide) groups is 1. The van der Waals surface area contributed by atoms with Crippen molar-refractivity contribution in [3.05, 3.63) is 35.7 Å². The van der Waals surface area contributed by atoms with E-state index in [-0.39, 0.29) is 18.4 Å². The van der Waals surface area contributed by atoms with E-state index in [9.17, 15) is 4.79 Å². The number of rotatable bonds is 9. The number of hydrogen-bond acceptors (Lipinski definition) is 6. The van der Waals surface area contributed by atoms with Crippen molar-refractivity contribution >= 4 is 17.7 Å². The number of carbonyl (C=O) groups is 1. The molecule has 2 N–H and O–H groups in total. The molecule has 1 fully saturated rings. The summed E-state index contributed by atoms with van der Waals surface area (Å²) in [6.07, 6.45) is 3.05. The van der Waals surface area contributed by atoms with E-state index >= 15 is 0 Å². The lowest BCUT2D eigenvalue weighted by molar-refractivity contribution is -0.118. The van der Waals surface area contributed by atoms with Crippen LogP contribution in [-0.2, 0) is 28.2 Å². The molecule has 3 rings (SSSR count). The van der Waals surface area contributed by atoms with Gasteiger partial charge in [-0.3, -0.25) is 4.79 Å². The highest BCUT2D eigenvalue weighted by molar-refractivity contribution is 7.98. The first-order chi connectivity index (χ1) is 12.7. The summed E-state index contributed by atoms with van der Waals surface area (Å²) in [7, 11) is 1.66. The van der Waals surface area contributed by atoms with E-state index in [2.05, 4.69) is 20.8 Å². The number of nitrogens with two attached hydrogens (primary N) is 1. The van der Waals surface area contributed by atoms with E-state index in [1.54, 1.807) is 18.9 Å². The number of nitrogens with zero attached hydrogens (tertiary/aromatic N) is 3. The molecule has 8 heteroatoms. The maximum atomic E-state index is 11.1. The second kappa shape index (κ2) is 9.05. The zero-order valence-electron chi connectivity index (χ0n) is 14.9. The van der Waals surface area contributed by atoms with Crippen LogP contribution in [0.15, 0.2) is 29.4 Å². The number of carbonyl (C=O) groups excluding carboxylic acids is 1. The van der Waals surface area contributed by atoms with E-state index in [1.165, 1.54) is 0 Å². The van der Waals surface area contributed by atoms with Gasteiger partial charge < -0.3 is 19.8 Å². The Labute approximate surface area is 157 Å². The van der Waals surface area contributed by atoms with Crippen molar-refractivity contribution in [1.29, 1.82) is 0 Å². The summed E-state index contributed by atoms with van der Waals surface area (Å²) in [6.45, 7) is 1.51. The number of hydrogen-bond donors (Lipinski definition) is 1. The Morgan fingerprint density at radius 1 is 1.46 bits per heavy atom. The van der Waals surface area contributed by atoms with E-state index < -0.39 is 0 Å². The van der Waals surface area contributed by atoms with Crippen LogP contribution >= 0.6 is 11.8 Å². The van der Waals surface area contributed by atoms with Crippen LogP contribution in [0, 0.1) is 0 Å². The Morgan fingerprint density at radius 3 is 3.08 bits per heavy atom. The fourth-order valence-corrected chi connectivity index (χ4v) is 3.84. The predicted octanol–water partition coefficient (Wildman–Crippen LogP) is 2.18. The maximum absolute atomic E-state index is 11.1. The summed E-state index contributed by atoms with van der Waals surface area (Å²) in [5, 5.41) is 9.45. The molecule has 26 heavy (non-hydrogen) atoms. The average molecular weight is 376 g/mol. The normalized spacial score (nSPS) is 16.7. The number of ether oxygens (including phenoxy) is 2. The molecule has 2 heterocycles. The van der Waals surface area contributed by atoms with Gasteiger partial charge in [-0.15, -0.1) is 10.2 Å². The van der Waals surface area contributed by atoms with Gasteiger partial charge in [0, 0.05) is 25.2 Å². The molecule has 1 aromatic carbocycles. The zero-order valence-corrected chi connectivity index (χ0v) is 15.7. The molecule has 2 aromatic rings. The van der Waals surface area contributed by atoms with E-state index in [1.807, 2.05) is 18.2 Å². The van der Waals surface area contributed by atoms with Gasteiger partial charge in [0.05, 0.1) is 19.8 Å². The Bertz CT molecular complexity index is 744. The van der Waals surface area contributed by atoms with Crippen LogP contribution in [-0.4, -0.2) is 40.5 Å². The molecule has 0 radical (unpaired) electrons. The highest BCUT2D eigenvalue weighted by Crippen LogP contribution is 2.26. The summed E-state index contributed by atoms with van der Waals surface area (Å²) in [5.41, 5.74) is 6.44. The van der Waals surface area contributed by atoms with Gasteiger partial charge in [-0.25, -0.2) is 0 Å².